The number of aromatic hydroxyl groups is 1. The molecule has 1 aliphatic rings. The number of aromatic nitrogens is 1. The van der Waals surface area contributed by atoms with Gasteiger partial charge in [0, 0.05) is 10.8 Å². The summed E-state index contributed by atoms with van der Waals surface area (Å²) in [5.41, 5.74) is 0.293. The first-order valence-corrected chi connectivity index (χ1v) is 6.81. The standard InChI is InChI=1S/C14H10N2O4S/c1-20-9-2-3-10-7(5-9)4-8(12(17)15-10)6-11-13(18)16-14(19)21-11/h2-6,18H,1H3,(H,16,19). The second-order valence-electron chi connectivity index (χ2n) is 4.31. The van der Waals surface area contributed by atoms with Gasteiger partial charge < -0.3 is 9.84 Å². The van der Waals surface area contributed by atoms with E-state index in [1.165, 1.54) is 6.08 Å². The number of nitrogens with zero attached hydrogens (tertiary/aromatic N) is 1. The monoisotopic (exact) mass is 302 g/mol. The molecular formula is C14H10N2O4S. The van der Waals surface area contributed by atoms with Crippen LogP contribution in [0.5, 0.6) is 11.6 Å². The van der Waals surface area contributed by atoms with Crippen molar-refractivity contribution in [2.45, 2.75) is 0 Å². The molecule has 0 spiro atoms. The number of H-pyrrole nitrogens is 1. The van der Waals surface area contributed by atoms with Crippen LogP contribution in [0.1, 0.15) is 4.88 Å². The third-order valence-electron chi connectivity index (χ3n) is 2.96. The highest BCUT2D eigenvalue weighted by Crippen LogP contribution is 2.21. The fourth-order valence-corrected chi connectivity index (χ4v) is 2.64. The number of hydrogen-bond donors (Lipinski definition) is 2. The molecule has 2 heterocycles. The quantitative estimate of drug-likeness (QED) is 0.774. The Labute approximate surface area is 122 Å². The Bertz CT molecular complexity index is 937. The molecule has 0 saturated carbocycles. The first kappa shape index (κ1) is 13.3. The van der Waals surface area contributed by atoms with Crippen molar-refractivity contribution in [1.29, 1.82) is 0 Å². The molecular weight excluding hydrogens is 292 g/mol. The van der Waals surface area contributed by atoms with Crippen LogP contribution in [0.3, 0.4) is 0 Å². The number of aromatic amines is 1. The zero-order chi connectivity index (χ0) is 15.0. The third kappa shape index (κ3) is 2.50. The maximum Gasteiger partial charge on any atom is 0.307 e. The Morgan fingerprint density at radius 3 is 2.86 bits per heavy atom. The summed E-state index contributed by atoms with van der Waals surface area (Å²) in [6.07, 6.45) is 3.09. The average Bonchev–Trinajstić information content (AvgIpc) is 2.77. The second kappa shape index (κ2) is 5.02. The fraction of sp³-hybridized carbons (Fsp3) is 0.0714. The zero-order valence-electron chi connectivity index (χ0n) is 10.9. The van der Waals surface area contributed by atoms with Crippen molar-refractivity contribution in [1.82, 2.24) is 4.98 Å². The lowest BCUT2D eigenvalue weighted by molar-refractivity contribution is -0.114. The first-order chi connectivity index (χ1) is 10.1. The molecule has 1 aliphatic heterocycles. The minimum atomic E-state index is -0.423. The fourth-order valence-electron chi connectivity index (χ4n) is 1.95. The van der Waals surface area contributed by atoms with Gasteiger partial charge in [-0.25, -0.2) is 4.99 Å². The molecule has 0 radical (unpaired) electrons. The Morgan fingerprint density at radius 2 is 2.19 bits per heavy atom. The van der Waals surface area contributed by atoms with Crippen LogP contribution < -0.4 is 20.2 Å². The SMILES string of the molecule is COc1ccc2c(c1)=CC(=Cc1sc(=O)[nH]c1O)C(=O)N=2. The number of carbonyl (C=O) groups is 1. The molecule has 106 valence electrons. The van der Waals surface area contributed by atoms with E-state index in [-0.39, 0.29) is 10.8 Å². The van der Waals surface area contributed by atoms with Crippen molar-refractivity contribution >= 4 is 29.4 Å². The van der Waals surface area contributed by atoms with Gasteiger partial charge in [0.1, 0.15) is 5.75 Å². The van der Waals surface area contributed by atoms with Crippen molar-refractivity contribution in [3.63, 3.8) is 0 Å². The number of carbonyl (C=O) groups excluding carboxylic acids is 1. The van der Waals surface area contributed by atoms with Gasteiger partial charge in [0.05, 0.1) is 17.3 Å². The van der Waals surface area contributed by atoms with Gasteiger partial charge >= 0.3 is 4.87 Å². The number of amides is 1. The van der Waals surface area contributed by atoms with E-state index in [9.17, 15) is 14.7 Å². The van der Waals surface area contributed by atoms with Crippen LogP contribution in [0.25, 0.3) is 12.2 Å². The summed E-state index contributed by atoms with van der Waals surface area (Å²) in [6.45, 7) is 0. The summed E-state index contributed by atoms with van der Waals surface area (Å²) in [4.78, 5) is 29.3. The van der Waals surface area contributed by atoms with Gasteiger partial charge in [-0.05, 0) is 30.4 Å². The topological polar surface area (TPSA) is 91.8 Å². The van der Waals surface area contributed by atoms with E-state index in [1.54, 1.807) is 31.4 Å². The van der Waals surface area contributed by atoms with E-state index < -0.39 is 5.91 Å². The van der Waals surface area contributed by atoms with Crippen LogP contribution in [-0.4, -0.2) is 23.1 Å². The van der Waals surface area contributed by atoms with Gasteiger partial charge in [-0.3, -0.25) is 14.6 Å². The van der Waals surface area contributed by atoms with Crippen LogP contribution in [0.4, 0.5) is 0 Å². The van der Waals surface area contributed by atoms with Crippen LogP contribution in [-0.2, 0) is 4.79 Å². The molecule has 7 heteroatoms. The third-order valence-corrected chi connectivity index (χ3v) is 3.78. The van der Waals surface area contributed by atoms with Gasteiger partial charge in [-0.2, -0.15) is 0 Å². The summed E-state index contributed by atoms with van der Waals surface area (Å²) in [5.74, 6) is -0.0221. The number of methoxy groups -OCH3 is 1. The summed E-state index contributed by atoms with van der Waals surface area (Å²) in [7, 11) is 1.55. The van der Waals surface area contributed by atoms with Crippen molar-refractivity contribution < 1.29 is 14.6 Å². The van der Waals surface area contributed by atoms with E-state index in [0.29, 0.717) is 21.6 Å². The van der Waals surface area contributed by atoms with Gasteiger partial charge in [0.2, 0.25) is 5.88 Å². The van der Waals surface area contributed by atoms with E-state index in [1.807, 2.05) is 0 Å². The second-order valence-corrected chi connectivity index (χ2v) is 5.33. The summed E-state index contributed by atoms with van der Waals surface area (Å²) >= 11 is 0.823. The smallest absolute Gasteiger partial charge is 0.307 e. The minimum absolute atomic E-state index is 0.255. The van der Waals surface area contributed by atoms with Gasteiger partial charge in [-0.1, -0.05) is 11.3 Å². The molecule has 3 rings (SSSR count). The van der Waals surface area contributed by atoms with Gasteiger partial charge in [0.15, 0.2) is 0 Å². The molecule has 1 amide bonds. The normalized spacial score (nSPS) is 15.3. The lowest BCUT2D eigenvalue weighted by atomic mass is 10.1. The molecule has 0 aliphatic carbocycles. The molecule has 6 nitrogen and oxygen atoms in total. The van der Waals surface area contributed by atoms with E-state index in [4.69, 9.17) is 4.74 Å². The predicted molar refractivity (Wildman–Crippen MR) is 77.8 cm³/mol. The number of benzene rings is 1. The zero-order valence-corrected chi connectivity index (χ0v) is 11.7. The van der Waals surface area contributed by atoms with Crippen LogP contribution in [0.15, 0.2) is 33.6 Å². The maximum absolute atomic E-state index is 12.0. The predicted octanol–water partition coefficient (Wildman–Crippen LogP) is 0.174. The summed E-state index contributed by atoms with van der Waals surface area (Å²) < 4.78 is 5.13. The largest absolute Gasteiger partial charge is 0.497 e. The number of hydrogen-bond acceptors (Lipinski definition) is 5. The lowest BCUT2D eigenvalue weighted by Gasteiger charge is -2.04. The van der Waals surface area contributed by atoms with E-state index >= 15 is 0 Å². The Morgan fingerprint density at radius 1 is 1.38 bits per heavy atom. The van der Waals surface area contributed by atoms with Crippen molar-refractivity contribution in [2.75, 3.05) is 7.11 Å². The maximum atomic E-state index is 12.0. The highest BCUT2D eigenvalue weighted by Gasteiger charge is 2.13. The first-order valence-electron chi connectivity index (χ1n) is 5.99. The number of nitrogens with one attached hydrogen (secondary N) is 1. The highest BCUT2D eigenvalue weighted by molar-refractivity contribution is 7.10. The summed E-state index contributed by atoms with van der Waals surface area (Å²) in [6, 6.07) is 5.19. The molecule has 1 aromatic carbocycles. The molecule has 21 heavy (non-hydrogen) atoms. The Balaban J connectivity index is 2.16. The molecule has 1 aromatic heterocycles. The number of thiazole rings is 1. The van der Waals surface area contributed by atoms with Crippen LogP contribution in [0.2, 0.25) is 0 Å². The molecule has 0 bridgehead atoms. The van der Waals surface area contributed by atoms with Crippen molar-refractivity contribution in [3.05, 3.63) is 48.9 Å². The van der Waals surface area contributed by atoms with Gasteiger partial charge in [-0.15, -0.1) is 0 Å². The van der Waals surface area contributed by atoms with E-state index in [2.05, 4.69) is 9.98 Å². The highest BCUT2D eigenvalue weighted by atomic mass is 32.1. The molecule has 2 N–H and O–H groups in total. The lowest BCUT2D eigenvalue weighted by Crippen LogP contribution is -2.30. The van der Waals surface area contributed by atoms with Crippen molar-refractivity contribution in [3.8, 4) is 11.6 Å². The molecule has 0 unspecified atom stereocenters. The van der Waals surface area contributed by atoms with Gasteiger partial charge in [0.25, 0.3) is 5.91 Å². The number of ether oxygens (including phenoxy) is 1. The minimum Gasteiger partial charge on any atom is -0.497 e. The molecule has 0 saturated heterocycles. The summed E-state index contributed by atoms with van der Waals surface area (Å²) in [5, 5.41) is 10.9. The van der Waals surface area contributed by atoms with Crippen LogP contribution in [0, 0.1) is 0 Å². The number of rotatable bonds is 2. The Kier molecular flexibility index (Phi) is 3.19. The van der Waals surface area contributed by atoms with Crippen LogP contribution >= 0.6 is 11.3 Å². The average molecular weight is 302 g/mol. The molecule has 0 atom stereocenters. The van der Waals surface area contributed by atoms with E-state index in [0.717, 1.165) is 16.6 Å². The Hall–Kier alpha value is -2.67. The van der Waals surface area contributed by atoms with Crippen molar-refractivity contribution in [2.24, 2.45) is 4.99 Å². The molecule has 2 aromatic rings. The molecule has 0 fully saturated rings. The number of fused-ring (bicyclic) bond motifs is 1.